The molecule has 5 aromatic heterocycles. The summed E-state index contributed by atoms with van der Waals surface area (Å²) >= 11 is 11.9. The number of unbranched alkanes of at least 4 members (excludes halogenated alkanes) is 2. The van der Waals surface area contributed by atoms with E-state index in [9.17, 15) is 31.0 Å². The monoisotopic (exact) mass is 1940 g/mol. The van der Waals surface area contributed by atoms with Crippen LogP contribution >= 0.6 is 23.8 Å². The Bertz CT molecular complexity index is 5130. The van der Waals surface area contributed by atoms with Crippen molar-refractivity contribution >= 4 is 120 Å². The van der Waals surface area contributed by atoms with Crippen LogP contribution in [-0.4, -0.2) is 132 Å². The zero-order chi connectivity index (χ0) is 82.2. The number of piperidine rings is 1. The number of hydrogen-bond acceptors (Lipinski definition) is 15. The molecule has 0 saturated carbocycles. The Hall–Kier alpha value is -7.30. The van der Waals surface area contributed by atoms with Crippen molar-refractivity contribution in [1.29, 1.82) is 0 Å². The standard InChI is InChI=1S/C32H36N2O6S3.C18H18N4S.2C11H11N2.C8H17N2O.C3H4NOS.C3H7.CH2NO.2Ru.Y/c35-42(36,18-41)22-10-11-23(27(17-22)43(37,38)39)28-25-15-21-8-2-12-33-13-4-9-24(30(21)33)31(25)40-32-26(28)16-20-6-1-5-19-7-3-14-34(32)29(19)20;1-12-5-4-10-22(12)18(23)21-15-11-13-6-2-8-19-16(13)17-14(15)7-3-9-20-17;2*1-13-9-5-3-7-11(13)10-6-2-4-8-12-10;1-8(11)10-7-5-3-4-6-9-2;1-3(5)4-2-6-4;1-3-2;2-1-3;;;/h10-11,15,17,19,32,41H,1-9,12-14,16,18H2,(H,37,38,39);2-3,6-9,11-12H,4-5,10H2,1H3,(H,21,23);2*2-9H,1H3;9H,1,3-7H2,2H3,(H,10,11);2H,1H3;1,3H2,2H3;(H2,2,3);;;/q;-2;2*+1;4*-1;+2;+4;+3. The number of rotatable bonds is 13. The first-order chi connectivity index (χ1) is 55.5. The molecule has 4 unspecified atom stereocenters. The second-order valence-corrected chi connectivity index (χ2v) is 34.2. The van der Waals surface area contributed by atoms with Gasteiger partial charge in [0.2, 0.25) is 11.4 Å². The first-order valence-electron chi connectivity index (χ1n) is 39.2. The van der Waals surface area contributed by atoms with Crippen molar-refractivity contribution in [3.63, 3.8) is 0 Å². The van der Waals surface area contributed by atoms with Crippen LogP contribution in [0, 0.1) is 19.8 Å². The number of nitrogens with two attached hydrogens (primary N) is 1. The summed E-state index contributed by atoms with van der Waals surface area (Å²) in [6.45, 7) is 18.4. The normalized spacial score (nSPS) is 17.4. The van der Waals surface area contributed by atoms with Crippen LogP contribution in [0.5, 0.6) is 5.75 Å². The zero-order valence-electron chi connectivity index (χ0n) is 67.7. The fourth-order valence-corrected chi connectivity index (χ4v) is 18.4. The van der Waals surface area contributed by atoms with Crippen LogP contribution in [0.15, 0.2) is 185 Å². The number of thiocarbonyl (C=S) groups is 1. The van der Waals surface area contributed by atoms with Gasteiger partial charge in [-0.25, -0.2) is 18.4 Å². The van der Waals surface area contributed by atoms with E-state index >= 15 is 0 Å². The molecule has 17 rings (SSSR count). The number of quaternary nitrogens is 1. The minimum absolute atomic E-state index is 0. The third-order valence-electron chi connectivity index (χ3n) is 20.9. The maximum Gasteiger partial charge on any atom is 4.00 e. The topological polar surface area (TPSA) is 289 Å². The van der Waals surface area contributed by atoms with Gasteiger partial charge >= 0.3 is 71.7 Å². The van der Waals surface area contributed by atoms with Gasteiger partial charge in [-0.3, -0.25) is 4.55 Å². The van der Waals surface area contributed by atoms with E-state index < -0.39 is 29.9 Å². The molecule has 7 N–H and O–H groups in total. The minimum atomic E-state index is -4.79. The molecule has 31 heteroatoms. The van der Waals surface area contributed by atoms with Crippen LogP contribution in [0.3, 0.4) is 0 Å². The molecule has 4 atom stereocenters. The summed E-state index contributed by atoms with van der Waals surface area (Å²) in [6, 6.07) is 32.9. The third kappa shape index (κ3) is 25.7. The number of carbonyl (C=O) groups is 2. The van der Waals surface area contributed by atoms with Crippen molar-refractivity contribution in [1.82, 2.24) is 34.4 Å². The number of aromatic nitrogens is 5. The number of hydrogen-bond donors (Lipinski definition) is 6. The summed E-state index contributed by atoms with van der Waals surface area (Å²) in [5.41, 5.74) is 22.5. The number of sulfone groups is 1. The summed E-state index contributed by atoms with van der Waals surface area (Å²) in [6.07, 6.45) is 37.0. The molecule has 0 bridgehead atoms. The maximum absolute atomic E-state index is 13.0. The number of anilines is 1. The molecular formula is C87H106N14O9Ru2S5Y+5. The number of primary amides is 1. The van der Waals surface area contributed by atoms with Crippen molar-refractivity contribution < 1.29 is 126 Å². The Kier molecular flexibility index (Phi) is 39.6. The Morgan fingerprint density at radius 1 is 0.831 bits per heavy atom. The molecule has 118 heavy (non-hydrogen) atoms. The van der Waals surface area contributed by atoms with Gasteiger partial charge in [0.15, 0.2) is 33.6 Å². The molecule has 0 spiro atoms. The molecule has 8 aliphatic heterocycles. The Morgan fingerprint density at radius 3 is 2.01 bits per heavy atom. The van der Waals surface area contributed by atoms with E-state index in [-0.39, 0.29) is 94.6 Å². The van der Waals surface area contributed by atoms with Crippen LogP contribution in [-0.2, 0) is 141 Å². The molecule has 622 valence electrons. The van der Waals surface area contributed by atoms with E-state index in [1.54, 1.807) is 27.9 Å². The minimum Gasteiger partial charge on any atom is -0.777 e. The van der Waals surface area contributed by atoms with Crippen molar-refractivity contribution in [3.8, 4) is 28.5 Å². The number of carbonyl (C=O) groups excluding carboxylic acids is 3. The number of likely N-dealkylation sites (tertiary alicyclic amines) is 1. The van der Waals surface area contributed by atoms with E-state index in [1.807, 2.05) is 126 Å². The van der Waals surface area contributed by atoms with Crippen molar-refractivity contribution in [3.05, 3.63) is 232 Å². The third-order valence-corrected chi connectivity index (χ3v) is 25.1. The first kappa shape index (κ1) is 97.8. The number of nitrogens with zero attached hydrogens (tertiary/aromatic N) is 9. The maximum atomic E-state index is 13.0. The Balaban J connectivity index is 0.000000215. The molecule has 2 fully saturated rings. The Morgan fingerprint density at radius 2 is 1.44 bits per heavy atom. The smallest absolute Gasteiger partial charge is 0.777 e. The first-order valence-corrected chi connectivity index (χ1v) is 44.2. The van der Waals surface area contributed by atoms with Crippen LogP contribution < -0.4 is 50.9 Å². The summed E-state index contributed by atoms with van der Waals surface area (Å²) in [5, 5.41) is 20.5. The number of aryl methyl sites for hydroxylation is 3. The molecule has 2 saturated heterocycles. The van der Waals surface area contributed by atoms with Crippen LogP contribution in [0.1, 0.15) is 138 Å². The SMILES string of the molecule is CC(=O)n1[cH-]s1.CC1CCCN1C(=S)Nc1cc2c(c3c1=CC=C[N-]3)[N-]C=CC=2.C[n+]1ccccc1-c1ccccn1.C[n+]1ccccc1-c1ccccn1.N[C-]=O.O=S(=O)(O)c1cc(S(=O)(=O)C[S-])ccc1C1=C2CC3=C4C(CCC3)CCCN4C2Oc2c1cc1c3c2CCC[NH+]3CCC1.[CH2-]C(=O)NCCCCCNC.[CH2-]CC.[Ru+2].[Ru+4].[Y+3]. The van der Waals surface area contributed by atoms with Gasteiger partial charge in [-0.05, 0) is 198 Å². The molecule has 1 aliphatic carbocycles. The average molecular weight is 1940 g/mol. The molecule has 23 nitrogen and oxygen atoms in total. The largest absolute Gasteiger partial charge is 4.00 e. The van der Waals surface area contributed by atoms with Gasteiger partial charge < -0.3 is 96.6 Å². The van der Waals surface area contributed by atoms with E-state index in [0.717, 1.165) is 194 Å². The summed E-state index contributed by atoms with van der Waals surface area (Å²) < 4.78 is 74.8. The molecule has 3 aromatic carbocycles. The summed E-state index contributed by atoms with van der Waals surface area (Å²) in [5.74, 6) is 1.29. The number of benzene rings is 3. The molecule has 9 aliphatic rings. The zero-order valence-corrected chi connectivity index (χ0v) is 78.1. The summed E-state index contributed by atoms with van der Waals surface area (Å²) in [7, 11) is -2.69. The van der Waals surface area contributed by atoms with Gasteiger partial charge in [0.05, 0.1) is 35.4 Å². The predicted octanol–water partition coefficient (Wildman–Crippen LogP) is 11.8. The molecule has 0 radical (unpaired) electrons. The fraction of sp³-hybridized carbons (Fsp3) is 0.368. The van der Waals surface area contributed by atoms with Crippen molar-refractivity contribution in [2.75, 3.05) is 56.7 Å². The number of fused-ring (bicyclic) bond motifs is 7. The van der Waals surface area contributed by atoms with Gasteiger partial charge in [-0.1, -0.05) is 73.4 Å². The van der Waals surface area contributed by atoms with Crippen molar-refractivity contribution in [2.24, 2.45) is 25.7 Å². The van der Waals surface area contributed by atoms with Gasteiger partial charge in [0, 0.05) is 109 Å². The van der Waals surface area contributed by atoms with E-state index in [1.165, 1.54) is 89.6 Å². The average Bonchev–Trinajstić information content (AvgIpc) is 0.851. The second-order valence-electron chi connectivity index (χ2n) is 28.9. The van der Waals surface area contributed by atoms with Crippen LogP contribution in [0.4, 0.5) is 22.7 Å². The number of ether oxygens (including phenoxy) is 1. The summed E-state index contributed by atoms with van der Waals surface area (Å²) in [4.78, 5) is 43.0. The molecule has 8 aromatic rings. The Labute approximate surface area is 762 Å². The van der Waals surface area contributed by atoms with Gasteiger partial charge in [0.1, 0.15) is 41.8 Å². The van der Waals surface area contributed by atoms with Gasteiger partial charge in [0.25, 0.3) is 10.1 Å². The predicted molar refractivity (Wildman–Crippen MR) is 463 cm³/mol. The molecular weight excluding hydrogens is 1840 g/mol. The number of amides is 2. The van der Waals surface area contributed by atoms with Gasteiger partial charge in [-0.15, -0.1) is 11.4 Å². The molecule has 13 heterocycles. The van der Waals surface area contributed by atoms with E-state index in [0.29, 0.717) is 23.9 Å². The van der Waals surface area contributed by atoms with Crippen molar-refractivity contribution in [2.45, 2.75) is 146 Å². The quantitative estimate of drug-likeness (QED) is 0.00914. The van der Waals surface area contributed by atoms with Gasteiger partial charge in [-0.2, -0.15) is 54.3 Å². The van der Waals surface area contributed by atoms with Crippen LogP contribution in [0.2, 0.25) is 0 Å². The van der Waals surface area contributed by atoms with E-state index in [4.69, 9.17) is 34.4 Å². The second kappa shape index (κ2) is 47.8. The van der Waals surface area contributed by atoms with Crippen LogP contribution in [0.25, 0.3) is 51.1 Å². The molecule has 2 amide bonds. The fourth-order valence-electron chi connectivity index (χ4n) is 15.8. The number of nitrogens with one attached hydrogen (secondary N) is 4. The number of allylic oxidation sites excluding steroid dienone is 4. The number of pyridine rings is 4. The van der Waals surface area contributed by atoms with E-state index in [2.05, 4.69) is 118 Å².